The van der Waals surface area contributed by atoms with E-state index in [0.29, 0.717) is 11.8 Å². The zero-order valence-corrected chi connectivity index (χ0v) is 9.24. The van der Waals surface area contributed by atoms with Crippen LogP contribution < -0.4 is 0 Å². The second kappa shape index (κ2) is 3.95. The van der Waals surface area contributed by atoms with Crippen LogP contribution in [-0.4, -0.2) is 0 Å². The molecule has 1 aliphatic rings. The number of rotatable bonds is 2. The maximum Gasteiger partial charge on any atom is 0.123 e. The van der Waals surface area contributed by atoms with Crippen molar-refractivity contribution >= 4 is 0 Å². The van der Waals surface area contributed by atoms with Gasteiger partial charge >= 0.3 is 0 Å². The molecule has 1 aliphatic carbocycles. The third kappa shape index (κ3) is 2.07. The van der Waals surface area contributed by atoms with Crippen LogP contribution in [-0.2, 0) is 0 Å². The monoisotopic (exact) mass is 230 g/mol. The van der Waals surface area contributed by atoms with Gasteiger partial charge in [0.05, 0.1) is 0 Å². The van der Waals surface area contributed by atoms with Gasteiger partial charge in [-0.1, -0.05) is 24.3 Å². The Balaban J connectivity index is 1.78. The van der Waals surface area contributed by atoms with Gasteiger partial charge in [0.25, 0.3) is 0 Å². The highest BCUT2D eigenvalue weighted by molar-refractivity contribution is 5.36. The molecule has 2 heteroatoms. The molecule has 2 aromatic rings. The molecule has 2 atom stereocenters. The van der Waals surface area contributed by atoms with Crippen LogP contribution in [0.25, 0.3) is 0 Å². The van der Waals surface area contributed by atoms with Crippen molar-refractivity contribution in [2.45, 2.75) is 18.3 Å². The number of benzene rings is 2. The lowest BCUT2D eigenvalue weighted by Gasteiger charge is -2.01. The summed E-state index contributed by atoms with van der Waals surface area (Å²) in [5, 5.41) is 0. The smallest absolute Gasteiger partial charge is 0.123 e. The molecule has 0 heterocycles. The van der Waals surface area contributed by atoms with Crippen LogP contribution in [0.2, 0.25) is 0 Å². The SMILES string of the molecule is Fc1ccc(C2CC2c2ccc(F)cc2)cc1. The Bertz CT molecular complexity index is 464. The molecule has 0 N–H and O–H groups in total. The minimum absolute atomic E-state index is 0.201. The van der Waals surface area contributed by atoms with E-state index in [1.54, 1.807) is 0 Å². The highest BCUT2D eigenvalue weighted by atomic mass is 19.1. The van der Waals surface area contributed by atoms with Gasteiger partial charge in [0, 0.05) is 0 Å². The fraction of sp³-hybridized carbons (Fsp3) is 0.200. The van der Waals surface area contributed by atoms with Gasteiger partial charge in [0.15, 0.2) is 0 Å². The van der Waals surface area contributed by atoms with E-state index in [2.05, 4.69) is 0 Å². The molecule has 0 radical (unpaired) electrons. The van der Waals surface area contributed by atoms with Gasteiger partial charge in [-0.25, -0.2) is 8.78 Å². The van der Waals surface area contributed by atoms with Crippen LogP contribution in [0, 0.1) is 11.6 Å². The van der Waals surface area contributed by atoms with Crippen LogP contribution >= 0.6 is 0 Å². The summed E-state index contributed by atoms with van der Waals surface area (Å²) in [4.78, 5) is 0. The standard InChI is InChI=1S/C15H12F2/c16-12-5-1-10(2-6-12)14-9-15(14)11-3-7-13(17)8-4-11/h1-8,14-15H,9H2. The van der Waals surface area contributed by atoms with E-state index < -0.39 is 0 Å². The number of halogens is 2. The van der Waals surface area contributed by atoms with Crippen LogP contribution in [0.5, 0.6) is 0 Å². The van der Waals surface area contributed by atoms with E-state index in [4.69, 9.17) is 0 Å². The van der Waals surface area contributed by atoms with Gasteiger partial charge in [-0.2, -0.15) is 0 Å². The zero-order valence-electron chi connectivity index (χ0n) is 9.24. The predicted molar refractivity (Wildman–Crippen MR) is 62.9 cm³/mol. The lowest BCUT2D eigenvalue weighted by Crippen LogP contribution is -1.85. The molecule has 0 aromatic heterocycles. The van der Waals surface area contributed by atoms with E-state index >= 15 is 0 Å². The molecule has 0 amide bonds. The average Bonchev–Trinajstić information content (AvgIpc) is 3.11. The van der Waals surface area contributed by atoms with Crippen LogP contribution in [0.4, 0.5) is 8.78 Å². The average molecular weight is 230 g/mol. The minimum Gasteiger partial charge on any atom is -0.207 e. The Morgan fingerprint density at radius 3 is 1.35 bits per heavy atom. The fourth-order valence-corrected chi connectivity index (χ4v) is 2.35. The van der Waals surface area contributed by atoms with Crippen molar-refractivity contribution in [3.05, 3.63) is 71.3 Å². The Morgan fingerprint density at radius 1 is 0.647 bits per heavy atom. The molecular formula is C15H12F2. The molecule has 1 fully saturated rings. The summed E-state index contributed by atoms with van der Waals surface area (Å²) in [5.74, 6) is 0.516. The van der Waals surface area contributed by atoms with E-state index in [0.717, 1.165) is 6.42 Å². The summed E-state index contributed by atoms with van der Waals surface area (Å²) >= 11 is 0. The zero-order chi connectivity index (χ0) is 11.8. The van der Waals surface area contributed by atoms with Crippen molar-refractivity contribution < 1.29 is 8.78 Å². The topological polar surface area (TPSA) is 0 Å². The molecule has 2 aromatic carbocycles. The Hall–Kier alpha value is -1.70. The summed E-state index contributed by atoms with van der Waals surface area (Å²) in [6, 6.07) is 13.3. The van der Waals surface area contributed by atoms with E-state index in [-0.39, 0.29) is 11.6 Å². The summed E-state index contributed by atoms with van der Waals surface area (Å²) in [5.41, 5.74) is 2.33. The van der Waals surface area contributed by atoms with Crippen molar-refractivity contribution in [1.82, 2.24) is 0 Å². The highest BCUT2D eigenvalue weighted by Crippen LogP contribution is 2.54. The Labute approximate surface area is 98.9 Å². The van der Waals surface area contributed by atoms with Gasteiger partial charge in [-0.05, 0) is 53.6 Å². The lowest BCUT2D eigenvalue weighted by atomic mass is 10.0. The normalized spacial score (nSPS) is 22.5. The lowest BCUT2D eigenvalue weighted by molar-refractivity contribution is 0.626. The van der Waals surface area contributed by atoms with E-state index in [1.165, 1.54) is 35.4 Å². The third-order valence-electron chi connectivity index (χ3n) is 3.39. The third-order valence-corrected chi connectivity index (χ3v) is 3.39. The first-order chi connectivity index (χ1) is 8.24. The Morgan fingerprint density at radius 2 is 1.00 bits per heavy atom. The minimum atomic E-state index is -0.201. The van der Waals surface area contributed by atoms with Gasteiger partial charge in [0.2, 0.25) is 0 Å². The quantitative estimate of drug-likeness (QED) is 0.724. The first-order valence-electron chi connectivity index (χ1n) is 5.75. The molecule has 0 nitrogen and oxygen atoms in total. The first kappa shape index (κ1) is 10.5. The molecule has 86 valence electrons. The number of hydrogen-bond acceptors (Lipinski definition) is 0. The number of hydrogen-bond donors (Lipinski definition) is 0. The van der Waals surface area contributed by atoms with Gasteiger partial charge in [-0.3, -0.25) is 0 Å². The fourth-order valence-electron chi connectivity index (χ4n) is 2.35. The second-order valence-electron chi connectivity index (χ2n) is 4.55. The molecule has 1 saturated carbocycles. The van der Waals surface area contributed by atoms with Gasteiger partial charge in [0.1, 0.15) is 11.6 Å². The highest BCUT2D eigenvalue weighted by Gasteiger charge is 2.39. The molecule has 0 saturated heterocycles. The summed E-state index contributed by atoms with van der Waals surface area (Å²) in [6.07, 6.45) is 1.07. The summed E-state index contributed by atoms with van der Waals surface area (Å²) in [7, 11) is 0. The van der Waals surface area contributed by atoms with Crippen LogP contribution in [0.1, 0.15) is 29.4 Å². The molecular weight excluding hydrogens is 218 g/mol. The van der Waals surface area contributed by atoms with E-state index in [9.17, 15) is 8.78 Å². The maximum atomic E-state index is 12.8. The predicted octanol–water partition coefficient (Wildman–Crippen LogP) is 4.24. The summed E-state index contributed by atoms with van der Waals surface area (Å²) in [6.45, 7) is 0. The van der Waals surface area contributed by atoms with Crippen molar-refractivity contribution in [3.8, 4) is 0 Å². The van der Waals surface area contributed by atoms with Crippen molar-refractivity contribution in [2.24, 2.45) is 0 Å². The first-order valence-corrected chi connectivity index (χ1v) is 5.75. The largest absolute Gasteiger partial charge is 0.207 e. The van der Waals surface area contributed by atoms with Gasteiger partial charge in [-0.15, -0.1) is 0 Å². The molecule has 2 unspecified atom stereocenters. The second-order valence-corrected chi connectivity index (χ2v) is 4.55. The maximum absolute atomic E-state index is 12.8. The Kier molecular flexibility index (Phi) is 2.43. The van der Waals surface area contributed by atoms with Crippen molar-refractivity contribution in [1.29, 1.82) is 0 Å². The van der Waals surface area contributed by atoms with E-state index in [1.807, 2.05) is 24.3 Å². The van der Waals surface area contributed by atoms with Crippen molar-refractivity contribution in [2.75, 3.05) is 0 Å². The van der Waals surface area contributed by atoms with Gasteiger partial charge < -0.3 is 0 Å². The molecule has 0 aliphatic heterocycles. The van der Waals surface area contributed by atoms with Crippen LogP contribution in [0.15, 0.2) is 48.5 Å². The summed E-state index contributed by atoms with van der Waals surface area (Å²) < 4.78 is 25.6. The molecule has 0 bridgehead atoms. The molecule has 0 spiro atoms. The van der Waals surface area contributed by atoms with Crippen molar-refractivity contribution in [3.63, 3.8) is 0 Å². The molecule has 3 rings (SSSR count). The molecule has 17 heavy (non-hydrogen) atoms. The van der Waals surface area contributed by atoms with Crippen LogP contribution in [0.3, 0.4) is 0 Å².